The number of carbonyl (C=O) groups is 4. The van der Waals surface area contributed by atoms with E-state index in [1.165, 1.54) is 23.5 Å². The van der Waals surface area contributed by atoms with Gasteiger partial charge in [-0.15, -0.1) is 11.3 Å². The minimum atomic E-state index is -1.13. The van der Waals surface area contributed by atoms with Gasteiger partial charge in [0.25, 0.3) is 17.7 Å². The second kappa shape index (κ2) is 9.25. The molecule has 3 aromatic rings. The van der Waals surface area contributed by atoms with Crippen LogP contribution < -0.4 is 16.1 Å². The van der Waals surface area contributed by atoms with E-state index in [1.54, 1.807) is 36.6 Å². The average molecular weight is 463 g/mol. The highest BCUT2D eigenvalue weighted by Gasteiger charge is 2.48. The minimum absolute atomic E-state index is 0.192. The lowest BCUT2D eigenvalue weighted by Gasteiger charge is -2.21. The normalized spacial score (nSPS) is 17.5. The molecule has 33 heavy (non-hydrogen) atoms. The zero-order valence-electron chi connectivity index (χ0n) is 17.8. The van der Waals surface area contributed by atoms with Crippen LogP contribution in [0.15, 0.2) is 72.1 Å². The van der Waals surface area contributed by atoms with Crippen molar-refractivity contribution >= 4 is 40.8 Å². The van der Waals surface area contributed by atoms with Crippen LogP contribution in [0.5, 0.6) is 0 Å². The van der Waals surface area contributed by atoms with Crippen LogP contribution in [0.2, 0.25) is 0 Å². The number of hydrogen-bond acceptors (Lipinski definition) is 5. The number of nitrogens with one attached hydrogen (secondary N) is 3. The Bertz CT molecular complexity index is 1200. The number of rotatable bonds is 7. The van der Waals surface area contributed by atoms with Gasteiger partial charge in [0.1, 0.15) is 5.54 Å². The zero-order valence-corrected chi connectivity index (χ0v) is 18.6. The van der Waals surface area contributed by atoms with Gasteiger partial charge in [0, 0.05) is 11.3 Å². The zero-order chi connectivity index (χ0) is 23.4. The van der Waals surface area contributed by atoms with Gasteiger partial charge in [-0.25, -0.2) is 4.79 Å². The standard InChI is InChI=1S/C24H22N4O4S/c1-24(13-12-16-7-3-2-4-8-16)22(31)28(23(32)26-24)27-20(29)17-9-5-10-18(15-17)25-21(30)19-11-6-14-33-19/h2-11,14-15H,12-13H2,1H3,(H,25,30)(H,26,32)(H,27,29)/t24-/m0/s1. The number of nitrogens with zero attached hydrogens (tertiary/aromatic N) is 1. The number of aryl methyl sites for hydroxylation is 1. The summed E-state index contributed by atoms with van der Waals surface area (Å²) in [5, 5.41) is 7.91. The van der Waals surface area contributed by atoms with Gasteiger partial charge in [-0.2, -0.15) is 5.01 Å². The van der Waals surface area contributed by atoms with Crippen LogP contribution in [0, 0.1) is 0 Å². The van der Waals surface area contributed by atoms with Crippen molar-refractivity contribution in [3.63, 3.8) is 0 Å². The quantitative estimate of drug-likeness (QED) is 0.467. The summed E-state index contributed by atoms with van der Waals surface area (Å²) in [7, 11) is 0. The molecule has 168 valence electrons. The summed E-state index contributed by atoms with van der Waals surface area (Å²) in [6.07, 6.45) is 0.981. The van der Waals surface area contributed by atoms with Crippen molar-refractivity contribution in [2.24, 2.45) is 0 Å². The molecule has 0 unspecified atom stereocenters. The Labute approximate surface area is 194 Å². The third-order valence-corrected chi connectivity index (χ3v) is 6.23. The Morgan fingerprint density at radius 3 is 2.52 bits per heavy atom. The Balaban J connectivity index is 1.41. The van der Waals surface area contributed by atoms with Crippen LogP contribution in [0.4, 0.5) is 10.5 Å². The van der Waals surface area contributed by atoms with Gasteiger partial charge in [0.05, 0.1) is 4.88 Å². The Morgan fingerprint density at radius 2 is 1.79 bits per heavy atom. The number of hydrazine groups is 1. The predicted molar refractivity (Wildman–Crippen MR) is 125 cm³/mol. The first-order valence-corrected chi connectivity index (χ1v) is 11.2. The average Bonchev–Trinajstić information content (AvgIpc) is 3.43. The summed E-state index contributed by atoms with van der Waals surface area (Å²) in [6.45, 7) is 1.64. The van der Waals surface area contributed by atoms with Crippen LogP contribution in [-0.4, -0.2) is 34.3 Å². The van der Waals surface area contributed by atoms with Crippen LogP contribution in [0.25, 0.3) is 0 Å². The molecule has 5 amide bonds. The molecule has 4 rings (SSSR count). The van der Waals surface area contributed by atoms with Crippen LogP contribution in [-0.2, 0) is 11.2 Å². The molecular formula is C24H22N4O4S. The SMILES string of the molecule is C[C@@]1(CCc2ccccc2)NC(=O)N(NC(=O)c2cccc(NC(=O)c3cccs3)c2)C1=O. The molecule has 1 atom stereocenters. The number of imide groups is 1. The summed E-state index contributed by atoms with van der Waals surface area (Å²) in [4.78, 5) is 50.9. The molecule has 8 nitrogen and oxygen atoms in total. The predicted octanol–water partition coefficient (Wildman–Crippen LogP) is 3.59. The third-order valence-electron chi connectivity index (χ3n) is 5.36. The van der Waals surface area contributed by atoms with Crippen LogP contribution in [0.3, 0.4) is 0 Å². The van der Waals surface area contributed by atoms with Gasteiger partial charge < -0.3 is 10.6 Å². The molecule has 3 N–H and O–H groups in total. The first kappa shape index (κ1) is 22.2. The highest BCUT2D eigenvalue weighted by molar-refractivity contribution is 7.12. The summed E-state index contributed by atoms with van der Waals surface area (Å²) in [6, 6.07) is 18.7. The third kappa shape index (κ3) is 4.93. The van der Waals surface area contributed by atoms with Gasteiger partial charge in [0.15, 0.2) is 0 Å². The van der Waals surface area contributed by atoms with Gasteiger partial charge in [-0.1, -0.05) is 42.5 Å². The minimum Gasteiger partial charge on any atom is -0.322 e. The van der Waals surface area contributed by atoms with Crippen LogP contribution in [0.1, 0.15) is 38.9 Å². The number of anilines is 1. The van der Waals surface area contributed by atoms with Crippen molar-refractivity contribution in [1.82, 2.24) is 15.8 Å². The van der Waals surface area contributed by atoms with E-state index in [0.717, 1.165) is 5.56 Å². The van der Waals surface area contributed by atoms with Crippen molar-refractivity contribution in [2.45, 2.75) is 25.3 Å². The highest BCUT2D eigenvalue weighted by Crippen LogP contribution is 2.23. The molecule has 1 aliphatic rings. The molecule has 1 fully saturated rings. The molecule has 0 spiro atoms. The van der Waals surface area contributed by atoms with E-state index in [2.05, 4.69) is 16.1 Å². The molecule has 9 heteroatoms. The fourth-order valence-electron chi connectivity index (χ4n) is 3.50. The van der Waals surface area contributed by atoms with E-state index < -0.39 is 23.4 Å². The second-order valence-electron chi connectivity index (χ2n) is 7.84. The van der Waals surface area contributed by atoms with E-state index in [4.69, 9.17) is 0 Å². The number of carbonyl (C=O) groups excluding carboxylic acids is 4. The molecule has 1 aromatic heterocycles. The molecule has 2 aromatic carbocycles. The van der Waals surface area contributed by atoms with Crippen molar-refractivity contribution in [2.75, 3.05) is 5.32 Å². The van der Waals surface area contributed by atoms with Crippen molar-refractivity contribution in [3.05, 3.63) is 88.1 Å². The maximum atomic E-state index is 12.9. The summed E-state index contributed by atoms with van der Waals surface area (Å²) >= 11 is 1.30. The van der Waals surface area contributed by atoms with Gasteiger partial charge in [0.2, 0.25) is 0 Å². The van der Waals surface area contributed by atoms with Crippen molar-refractivity contribution in [1.29, 1.82) is 0 Å². The fraction of sp³-hybridized carbons (Fsp3) is 0.167. The molecule has 0 aliphatic carbocycles. The van der Waals surface area contributed by atoms with Crippen LogP contribution >= 0.6 is 11.3 Å². The van der Waals surface area contributed by atoms with Crippen molar-refractivity contribution < 1.29 is 19.2 Å². The van der Waals surface area contributed by atoms with Gasteiger partial charge in [-0.05, 0) is 55.0 Å². The van der Waals surface area contributed by atoms with Crippen molar-refractivity contribution in [3.8, 4) is 0 Å². The maximum absolute atomic E-state index is 12.9. The monoisotopic (exact) mass is 462 g/mol. The van der Waals surface area contributed by atoms with E-state index in [1.807, 2.05) is 30.3 Å². The lowest BCUT2D eigenvalue weighted by Crippen LogP contribution is -2.49. The van der Waals surface area contributed by atoms with E-state index in [0.29, 0.717) is 28.4 Å². The molecule has 1 aliphatic heterocycles. The van der Waals surface area contributed by atoms with E-state index in [-0.39, 0.29) is 11.5 Å². The molecule has 0 bridgehead atoms. The number of hydrogen-bond donors (Lipinski definition) is 3. The Morgan fingerprint density at radius 1 is 1.00 bits per heavy atom. The molecular weight excluding hydrogens is 440 g/mol. The lowest BCUT2D eigenvalue weighted by molar-refractivity contribution is -0.132. The largest absolute Gasteiger partial charge is 0.344 e. The topological polar surface area (TPSA) is 108 Å². The molecule has 1 saturated heterocycles. The Kier molecular flexibility index (Phi) is 6.23. The molecule has 0 saturated carbocycles. The number of urea groups is 1. The summed E-state index contributed by atoms with van der Waals surface area (Å²) in [5.41, 5.74) is 2.91. The summed E-state index contributed by atoms with van der Waals surface area (Å²) in [5.74, 6) is -1.46. The van der Waals surface area contributed by atoms with Gasteiger partial charge in [-0.3, -0.25) is 19.8 Å². The maximum Gasteiger partial charge on any atom is 0.344 e. The number of thiophene rings is 1. The number of benzene rings is 2. The molecule has 0 radical (unpaired) electrons. The Hall–Kier alpha value is -3.98. The number of amides is 5. The highest BCUT2D eigenvalue weighted by atomic mass is 32.1. The first-order chi connectivity index (χ1) is 15.9. The molecule has 2 heterocycles. The lowest BCUT2D eigenvalue weighted by atomic mass is 9.93. The van der Waals surface area contributed by atoms with E-state index in [9.17, 15) is 19.2 Å². The second-order valence-corrected chi connectivity index (χ2v) is 8.79. The van der Waals surface area contributed by atoms with E-state index >= 15 is 0 Å². The first-order valence-electron chi connectivity index (χ1n) is 10.3. The summed E-state index contributed by atoms with van der Waals surface area (Å²) < 4.78 is 0. The fourth-order valence-corrected chi connectivity index (χ4v) is 4.12. The van der Waals surface area contributed by atoms with Gasteiger partial charge >= 0.3 is 6.03 Å². The smallest absolute Gasteiger partial charge is 0.322 e.